The van der Waals surface area contributed by atoms with Crippen LogP contribution in [0.2, 0.25) is 0 Å². The molecule has 20 heavy (non-hydrogen) atoms. The highest BCUT2D eigenvalue weighted by atomic mass is 127. The maximum atomic E-state index is 13.4. The summed E-state index contributed by atoms with van der Waals surface area (Å²) in [5.41, 5.74) is 0.255. The number of hydrogen-bond acceptors (Lipinski definition) is 1. The van der Waals surface area contributed by atoms with Crippen LogP contribution in [0.1, 0.15) is 26.3 Å². The van der Waals surface area contributed by atoms with E-state index in [4.69, 9.17) is 0 Å². The Morgan fingerprint density at radius 3 is 2.45 bits per heavy atom. The van der Waals surface area contributed by atoms with Gasteiger partial charge in [-0.3, -0.25) is 4.99 Å². The molecule has 6 heteroatoms. The lowest BCUT2D eigenvalue weighted by atomic mass is 10.1. The molecule has 0 aliphatic rings. The largest absolute Gasteiger partial charge is 0.356 e. The van der Waals surface area contributed by atoms with Crippen LogP contribution in [0.4, 0.5) is 8.78 Å². The molecule has 0 saturated heterocycles. The molecule has 0 spiro atoms. The van der Waals surface area contributed by atoms with E-state index in [0.717, 1.165) is 6.07 Å². The first-order valence-corrected chi connectivity index (χ1v) is 6.25. The van der Waals surface area contributed by atoms with Gasteiger partial charge in [0.1, 0.15) is 0 Å². The minimum Gasteiger partial charge on any atom is -0.356 e. The van der Waals surface area contributed by atoms with Gasteiger partial charge < -0.3 is 10.6 Å². The summed E-state index contributed by atoms with van der Waals surface area (Å²) in [7, 11) is 1.67. The molecule has 3 nitrogen and oxygen atoms in total. The SMILES string of the molecule is CN=C(NCCc1cccc(F)c1F)NC(C)(C)C.I. The zero-order valence-electron chi connectivity index (χ0n) is 12.3. The predicted octanol–water partition coefficient (Wildman–Crippen LogP) is 3.09. The molecule has 0 aliphatic carbocycles. The molecule has 0 aliphatic heterocycles. The van der Waals surface area contributed by atoms with E-state index in [9.17, 15) is 8.78 Å². The summed E-state index contributed by atoms with van der Waals surface area (Å²) in [5.74, 6) is -0.943. The highest BCUT2D eigenvalue weighted by Gasteiger charge is 2.12. The zero-order chi connectivity index (χ0) is 14.5. The normalized spacial score (nSPS) is 11.8. The monoisotopic (exact) mass is 397 g/mol. The van der Waals surface area contributed by atoms with E-state index >= 15 is 0 Å². The average Bonchev–Trinajstić information content (AvgIpc) is 2.31. The summed E-state index contributed by atoms with van der Waals surface area (Å²) in [6, 6.07) is 4.21. The van der Waals surface area contributed by atoms with Gasteiger partial charge in [0, 0.05) is 19.1 Å². The fourth-order valence-electron chi connectivity index (χ4n) is 1.59. The highest BCUT2D eigenvalue weighted by molar-refractivity contribution is 14.0. The van der Waals surface area contributed by atoms with Crippen LogP contribution in [0.5, 0.6) is 0 Å². The molecule has 1 aromatic carbocycles. The average molecular weight is 397 g/mol. The van der Waals surface area contributed by atoms with E-state index < -0.39 is 11.6 Å². The third-order valence-electron chi connectivity index (χ3n) is 2.44. The van der Waals surface area contributed by atoms with Crippen molar-refractivity contribution in [1.82, 2.24) is 10.6 Å². The van der Waals surface area contributed by atoms with Crippen molar-refractivity contribution in [1.29, 1.82) is 0 Å². The van der Waals surface area contributed by atoms with Gasteiger partial charge in [0.05, 0.1) is 0 Å². The van der Waals surface area contributed by atoms with E-state index in [1.54, 1.807) is 13.1 Å². The zero-order valence-corrected chi connectivity index (χ0v) is 14.6. The van der Waals surface area contributed by atoms with Crippen molar-refractivity contribution in [2.24, 2.45) is 4.99 Å². The Labute approximate surface area is 136 Å². The highest BCUT2D eigenvalue weighted by Crippen LogP contribution is 2.11. The standard InChI is InChI=1S/C14H21F2N3.HI/c1-14(2,3)19-13(17-4)18-9-8-10-6-5-7-11(15)12(10)16;/h5-7H,8-9H2,1-4H3,(H2,17,18,19);1H. The Bertz CT molecular complexity index is 456. The molecule has 1 aromatic rings. The second kappa shape index (κ2) is 8.39. The van der Waals surface area contributed by atoms with E-state index in [1.807, 2.05) is 20.8 Å². The van der Waals surface area contributed by atoms with Crippen LogP contribution in [0.25, 0.3) is 0 Å². The summed E-state index contributed by atoms with van der Waals surface area (Å²) in [4.78, 5) is 4.07. The lowest BCUT2D eigenvalue weighted by molar-refractivity contribution is 0.494. The first-order chi connectivity index (χ1) is 8.83. The van der Waals surface area contributed by atoms with Gasteiger partial charge in [-0.1, -0.05) is 12.1 Å². The maximum Gasteiger partial charge on any atom is 0.191 e. The van der Waals surface area contributed by atoms with Crippen molar-refractivity contribution >= 4 is 29.9 Å². The Kier molecular flexibility index (Phi) is 8.00. The molecule has 0 atom stereocenters. The summed E-state index contributed by atoms with van der Waals surface area (Å²) in [5, 5.41) is 6.26. The van der Waals surface area contributed by atoms with Gasteiger partial charge in [-0.05, 0) is 38.8 Å². The molecule has 1 rings (SSSR count). The first-order valence-electron chi connectivity index (χ1n) is 6.25. The molecule has 0 bridgehead atoms. The van der Waals surface area contributed by atoms with Crippen LogP contribution in [0.3, 0.4) is 0 Å². The molecule has 0 unspecified atom stereocenters. The maximum absolute atomic E-state index is 13.4. The quantitative estimate of drug-likeness (QED) is 0.467. The minimum atomic E-state index is -0.810. The van der Waals surface area contributed by atoms with Gasteiger partial charge in [0.15, 0.2) is 17.6 Å². The topological polar surface area (TPSA) is 36.4 Å². The van der Waals surface area contributed by atoms with Crippen molar-refractivity contribution in [2.75, 3.05) is 13.6 Å². The molecule has 2 N–H and O–H groups in total. The lowest BCUT2D eigenvalue weighted by Gasteiger charge is -2.23. The fraction of sp³-hybridized carbons (Fsp3) is 0.500. The Morgan fingerprint density at radius 2 is 1.90 bits per heavy atom. The number of nitrogens with zero attached hydrogens (tertiary/aromatic N) is 1. The molecule has 0 radical (unpaired) electrons. The second-order valence-corrected chi connectivity index (χ2v) is 5.34. The van der Waals surface area contributed by atoms with Gasteiger partial charge in [-0.15, -0.1) is 24.0 Å². The molecule has 114 valence electrons. The van der Waals surface area contributed by atoms with Crippen LogP contribution in [-0.2, 0) is 6.42 Å². The molecular weight excluding hydrogens is 375 g/mol. The summed E-state index contributed by atoms with van der Waals surface area (Å²) in [6.07, 6.45) is 0.397. The third kappa shape index (κ3) is 6.49. The van der Waals surface area contributed by atoms with Gasteiger partial charge in [0.25, 0.3) is 0 Å². The number of nitrogens with one attached hydrogen (secondary N) is 2. The Hall–Kier alpha value is -0.920. The van der Waals surface area contributed by atoms with Gasteiger partial charge in [-0.2, -0.15) is 0 Å². The van der Waals surface area contributed by atoms with Crippen LogP contribution >= 0.6 is 24.0 Å². The number of benzene rings is 1. The van der Waals surface area contributed by atoms with Crippen LogP contribution in [-0.4, -0.2) is 25.1 Å². The van der Waals surface area contributed by atoms with E-state index in [2.05, 4.69) is 15.6 Å². The first kappa shape index (κ1) is 19.1. The Balaban J connectivity index is 0.00000361. The summed E-state index contributed by atoms with van der Waals surface area (Å²) in [6.45, 7) is 6.54. The fourth-order valence-corrected chi connectivity index (χ4v) is 1.59. The molecular formula is C14H22F2IN3. The van der Waals surface area contributed by atoms with E-state index in [1.165, 1.54) is 6.07 Å². The van der Waals surface area contributed by atoms with E-state index in [-0.39, 0.29) is 29.5 Å². The third-order valence-corrected chi connectivity index (χ3v) is 2.44. The van der Waals surface area contributed by atoms with Crippen molar-refractivity contribution in [3.8, 4) is 0 Å². The minimum absolute atomic E-state index is 0. The molecule has 0 amide bonds. The van der Waals surface area contributed by atoms with Crippen LogP contribution in [0.15, 0.2) is 23.2 Å². The smallest absolute Gasteiger partial charge is 0.191 e. The van der Waals surface area contributed by atoms with Crippen LogP contribution in [0, 0.1) is 11.6 Å². The second-order valence-electron chi connectivity index (χ2n) is 5.34. The van der Waals surface area contributed by atoms with Crippen molar-refractivity contribution in [3.05, 3.63) is 35.4 Å². The van der Waals surface area contributed by atoms with Gasteiger partial charge in [0.2, 0.25) is 0 Å². The summed E-state index contributed by atoms with van der Waals surface area (Å²) >= 11 is 0. The lowest BCUT2D eigenvalue weighted by Crippen LogP contribution is -2.48. The van der Waals surface area contributed by atoms with Crippen LogP contribution < -0.4 is 10.6 Å². The van der Waals surface area contributed by atoms with Crippen molar-refractivity contribution in [3.63, 3.8) is 0 Å². The summed E-state index contributed by atoms with van der Waals surface area (Å²) < 4.78 is 26.5. The van der Waals surface area contributed by atoms with Gasteiger partial charge >= 0.3 is 0 Å². The van der Waals surface area contributed by atoms with E-state index in [0.29, 0.717) is 24.5 Å². The molecule has 0 fully saturated rings. The number of guanidine groups is 1. The predicted molar refractivity (Wildman–Crippen MR) is 89.7 cm³/mol. The number of aliphatic imine (C=N–C) groups is 1. The molecule has 0 saturated carbocycles. The number of halogens is 3. The Morgan fingerprint density at radius 1 is 1.25 bits per heavy atom. The number of hydrogen-bond donors (Lipinski definition) is 2. The molecule has 0 aromatic heterocycles. The number of rotatable bonds is 3. The van der Waals surface area contributed by atoms with Gasteiger partial charge in [-0.25, -0.2) is 8.78 Å². The van der Waals surface area contributed by atoms with Crippen molar-refractivity contribution in [2.45, 2.75) is 32.7 Å². The molecule has 0 heterocycles. The van der Waals surface area contributed by atoms with Crippen molar-refractivity contribution < 1.29 is 8.78 Å².